The maximum atomic E-state index is 14.3. The standard InChI is InChI=1S/C36H37N5O3/c1-3-6-33-32(21-24-9-11-25(12-10-24)31-8-5-4-7-28(31)22-37)35(43)40(36-38-23-39-41(33)36)29-17-13-26(14-18-29)34(42)27-15-19-30(44-2)20-16-27/h4-5,7-12,15-16,19-20,23,26,29,34,42H,3,6,13-14,17-18,21H2,1-2H3. The molecule has 1 fully saturated rings. The van der Waals surface area contributed by atoms with E-state index in [0.717, 1.165) is 77.8 Å². The number of methoxy groups -OCH3 is 1. The minimum atomic E-state index is -0.558. The molecule has 2 heterocycles. The molecule has 1 saturated carbocycles. The lowest BCUT2D eigenvalue weighted by molar-refractivity contribution is 0.0745. The smallest absolute Gasteiger partial charge is 0.259 e. The lowest BCUT2D eigenvalue weighted by atomic mass is 9.80. The van der Waals surface area contributed by atoms with E-state index in [4.69, 9.17) is 4.74 Å². The fourth-order valence-electron chi connectivity index (χ4n) is 6.67. The summed E-state index contributed by atoms with van der Waals surface area (Å²) in [6.07, 6.45) is 6.23. The van der Waals surface area contributed by atoms with E-state index in [-0.39, 0.29) is 17.5 Å². The van der Waals surface area contributed by atoms with Gasteiger partial charge in [-0.15, -0.1) is 0 Å². The van der Waals surface area contributed by atoms with Crippen molar-refractivity contribution in [1.82, 2.24) is 19.2 Å². The first kappa shape index (κ1) is 29.3. The number of aromatic nitrogens is 4. The molecule has 1 atom stereocenters. The van der Waals surface area contributed by atoms with Crippen molar-refractivity contribution < 1.29 is 9.84 Å². The van der Waals surface area contributed by atoms with Crippen LogP contribution in [0.3, 0.4) is 0 Å². The molecule has 2 aromatic heterocycles. The van der Waals surface area contributed by atoms with E-state index in [1.54, 1.807) is 7.11 Å². The number of aliphatic hydroxyl groups is 1. The highest BCUT2D eigenvalue weighted by Gasteiger charge is 2.31. The second kappa shape index (κ2) is 12.9. The highest BCUT2D eigenvalue weighted by atomic mass is 16.5. The highest BCUT2D eigenvalue weighted by Crippen LogP contribution is 2.39. The van der Waals surface area contributed by atoms with Gasteiger partial charge in [0.15, 0.2) is 0 Å². The minimum Gasteiger partial charge on any atom is -0.497 e. The largest absolute Gasteiger partial charge is 0.497 e. The summed E-state index contributed by atoms with van der Waals surface area (Å²) < 4.78 is 8.98. The van der Waals surface area contributed by atoms with Crippen LogP contribution in [0.1, 0.15) is 79.1 Å². The highest BCUT2D eigenvalue weighted by molar-refractivity contribution is 5.70. The first-order chi connectivity index (χ1) is 21.5. The molecule has 44 heavy (non-hydrogen) atoms. The quantitative estimate of drug-likeness (QED) is 0.213. The predicted octanol–water partition coefficient (Wildman–Crippen LogP) is 6.45. The van der Waals surface area contributed by atoms with Crippen molar-refractivity contribution in [2.45, 2.75) is 64.0 Å². The number of fused-ring (bicyclic) bond motifs is 1. The van der Waals surface area contributed by atoms with Crippen molar-refractivity contribution in [2.24, 2.45) is 5.92 Å². The predicted molar refractivity (Wildman–Crippen MR) is 170 cm³/mol. The molecular weight excluding hydrogens is 550 g/mol. The lowest BCUT2D eigenvalue weighted by Gasteiger charge is -2.33. The molecule has 1 aliphatic rings. The van der Waals surface area contributed by atoms with Gasteiger partial charge in [0.1, 0.15) is 12.1 Å². The number of nitrogens with zero attached hydrogens (tertiary/aromatic N) is 5. The molecule has 0 bridgehead atoms. The molecule has 0 amide bonds. The van der Waals surface area contributed by atoms with E-state index in [0.29, 0.717) is 17.8 Å². The maximum absolute atomic E-state index is 14.3. The Labute approximate surface area is 257 Å². The van der Waals surface area contributed by atoms with Gasteiger partial charge >= 0.3 is 0 Å². The lowest BCUT2D eigenvalue weighted by Crippen LogP contribution is -2.34. The molecule has 8 nitrogen and oxygen atoms in total. The molecule has 0 saturated heterocycles. The van der Waals surface area contributed by atoms with Gasteiger partial charge in [-0.2, -0.15) is 15.3 Å². The van der Waals surface area contributed by atoms with Gasteiger partial charge in [0.2, 0.25) is 5.78 Å². The van der Waals surface area contributed by atoms with Gasteiger partial charge in [-0.05, 0) is 78.5 Å². The summed E-state index contributed by atoms with van der Waals surface area (Å²) >= 11 is 0. The van der Waals surface area contributed by atoms with Crippen LogP contribution in [0.2, 0.25) is 0 Å². The van der Waals surface area contributed by atoms with E-state index < -0.39 is 6.10 Å². The summed E-state index contributed by atoms with van der Waals surface area (Å²) in [5.41, 5.74) is 6.06. The van der Waals surface area contributed by atoms with Crippen LogP contribution in [0.5, 0.6) is 5.75 Å². The zero-order valence-electron chi connectivity index (χ0n) is 25.2. The molecule has 8 heteroatoms. The SMILES string of the molecule is CCCc1c(Cc2ccc(-c3ccccc3C#N)cc2)c(=O)n(C2CCC(C(O)c3ccc(OC)cc3)CC2)c2ncnn12. The molecule has 1 N–H and O–H groups in total. The molecule has 6 rings (SSSR count). The first-order valence-corrected chi connectivity index (χ1v) is 15.4. The fraction of sp³-hybridized carbons (Fsp3) is 0.333. The molecule has 0 aliphatic heterocycles. The van der Waals surface area contributed by atoms with Crippen molar-refractivity contribution >= 4 is 5.78 Å². The Balaban J connectivity index is 1.28. The van der Waals surface area contributed by atoms with Crippen LogP contribution in [0.15, 0.2) is 83.9 Å². The molecule has 0 spiro atoms. The average Bonchev–Trinajstić information content (AvgIpc) is 3.56. The first-order valence-electron chi connectivity index (χ1n) is 15.4. The summed E-state index contributed by atoms with van der Waals surface area (Å²) in [5, 5.41) is 25.2. The van der Waals surface area contributed by atoms with Crippen LogP contribution in [0.4, 0.5) is 0 Å². The Morgan fingerprint density at radius 2 is 1.75 bits per heavy atom. The molecule has 1 unspecified atom stereocenters. The number of nitriles is 1. The van der Waals surface area contributed by atoms with E-state index in [2.05, 4.69) is 23.1 Å². The monoisotopic (exact) mass is 587 g/mol. The molecule has 224 valence electrons. The second-order valence-electron chi connectivity index (χ2n) is 11.6. The van der Waals surface area contributed by atoms with Gasteiger partial charge in [-0.1, -0.05) is 67.9 Å². The third kappa shape index (κ3) is 5.63. The van der Waals surface area contributed by atoms with Crippen LogP contribution >= 0.6 is 0 Å². The zero-order chi connectivity index (χ0) is 30.6. The molecule has 0 radical (unpaired) electrons. The zero-order valence-corrected chi connectivity index (χ0v) is 25.2. The Hall–Kier alpha value is -4.74. The molecule has 3 aromatic carbocycles. The third-order valence-corrected chi connectivity index (χ3v) is 9.02. The summed E-state index contributed by atoms with van der Waals surface area (Å²) in [5.74, 6) is 1.47. The average molecular weight is 588 g/mol. The number of hydrogen-bond donors (Lipinski definition) is 1. The van der Waals surface area contributed by atoms with Gasteiger partial charge in [-0.25, -0.2) is 4.52 Å². The van der Waals surface area contributed by atoms with Gasteiger partial charge in [0.25, 0.3) is 5.56 Å². The molecule has 5 aromatic rings. The van der Waals surface area contributed by atoms with E-state index in [1.807, 2.05) is 81.9 Å². The van der Waals surface area contributed by atoms with E-state index in [9.17, 15) is 15.2 Å². The van der Waals surface area contributed by atoms with Gasteiger partial charge < -0.3 is 9.84 Å². The minimum absolute atomic E-state index is 0.00740. The van der Waals surface area contributed by atoms with Crippen molar-refractivity contribution in [3.8, 4) is 22.9 Å². The van der Waals surface area contributed by atoms with Crippen molar-refractivity contribution in [3.05, 3.63) is 117 Å². The van der Waals surface area contributed by atoms with Crippen molar-refractivity contribution in [1.29, 1.82) is 5.26 Å². The van der Waals surface area contributed by atoms with Crippen molar-refractivity contribution in [3.63, 3.8) is 0 Å². The van der Waals surface area contributed by atoms with Crippen LogP contribution in [0.25, 0.3) is 16.9 Å². The normalized spacial score (nSPS) is 17.3. The fourth-order valence-corrected chi connectivity index (χ4v) is 6.67. The number of aliphatic hydroxyl groups excluding tert-OH is 1. The van der Waals surface area contributed by atoms with Gasteiger partial charge in [-0.3, -0.25) is 9.36 Å². The Bertz CT molecular complexity index is 1840. The number of aryl methyl sites for hydroxylation is 1. The molecular formula is C36H37N5O3. The Kier molecular flexibility index (Phi) is 8.58. The third-order valence-electron chi connectivity index (χ3n) is 9.02. The van der Waals surface area contributed by atoms with Crippen LogP contribution < -0.4 is 10.3 Å². The maximum Gasteiger partial charge on any atom is 0.259 e. The summed E-state index contributed by atoms with van der Waals surface area (Å²) in [4.78, 5) is 18.9. The second-order valence-corrected chi connectivity index (χ2v) is 11.6. The van der Waals surface area contributed by atoms with Gasteiger partial charge in [0, 0.05) is 18.0 Å². The van der Waals surface area contributed by atoms with Crippen LogP contribution in [-0.4, -0.2) is 31.4 Å². The summed E-state index contributed by atoms with van der Waals surface area (Å²) in [7, 11) is 1.63. The van der Waals surface area contributed by atoms with E-state index in [1.165, 1.54) is 6.33 Å². The number of hydrogen-bond acceptors (Lipinski definition) is 6. The summed E-state index contributed by atoms with van der Waals surface area (Å²) in [6, 6.07) is 25.6. The summed E-state index contributed by atoms with van der Waals surface area (Å²) in [6.45, 7) is 2.11. The van der Waals surface area contributed by atoms with E-state index >= 15 is 0 Å². The van der Waals surface area contributed by atoms with Crippen LogP contribution in [-0.2, 0) is 12.8 Å². The topological polar surface area (TPSA) is 105 Å². The van der Waals surface area contributed by atoms with Gasteiger partial charge in [0.05, 0.1) is 30.5 Å². The Morgan fingerprint density at radius 1 is 1.02 bits per heavy atom. The van der Waals surface area contributed by atoms with Crippen molar-refractivity contribution in [2.75, 3.05) is 7.11 Å². The van der Waals surface area contributed by atoms with Crippen LogP contribution in [0, 0.1) is 17.2 Å². The number of benzene rings is 3. The Morgan fingerprint density at radius 3 is 2.43 bits per heavy atom. The number of rotatable bonds is 9. The molecule has 1 aliphatic carbocycles. The number of ether oxygens (including phenoxy) is 1.